The van der Waals surface area contributed by atoms with Crippen molar-refractivity contribution in [3.63, 3.8) is 0 Å². The second-order valence-electron chi connectivity index (χ2n) is 20.1. The third-order valence-corrected chi connectivity index (χ3v) is 13.8. The third kappa shape index (κ3) is 11.9. The van der Waals surface area contributed by atoms with E-state index in [9.17, 15) is 14.4 Å². The maximum atomic E-state index is 14.8. The molecule has 1 aromatic heterocycles. The molecule has 4 bridgehead atoms. The molecule has 4 fully saturated rings. The number of anilines is 1. The lowest BCUT2D eigenvalue weighted by molar-refractivity contribution is -0.180. The predicted molar refractivity (Wildman–Crippen MR) is 258 cm³/mol. The maximum Gasteiger partial charge on any atom is 0.332 e. The summed E-state index contributed by atoms with van der Waals surface area (Å²) in [6.45, 7) is 15.0. The van der Waals surface area contributed by atoms with Gasteiger partial charge in [0.2, 0.25) is 5.91 Å². The Morgan fingerprint density at radius 3 is 2.06 bits per heavy atom. The van der Waals surface area contributed by atoms with Gasteiger partial charge in [0.05, 0.1) is 51.0 Å². The highest BCUT2D eigenvalue weighted by Gasteiger charge is 2.63. The van der Waals surface area contributed by atoms with Gasteiger partial charge in [0.1, 0.15) is 29.2 Å². The number of hydrogen-bond acceptors (Lipinski definition) is 12. The molecule has 0 radical (unpaired) electrons. The topological polar surface area (TPSA) is 163 Å². The summed E-state index contributed by atoms with van der Waals surface area (Å²) in [6.07, 6.45) is 6.65. The van der Waals surface area contributed by atoms with Crippen LogP contribution in [0.4, 0.5) is 5.69 Å². The van der Waals surface area contributed by atoms with Gasteiger partial charge in [0.25, 0.3) is 5.91 Å². The van der Waals surface area contributed by atoms with Crippen LogP contribution in [0, 0.1) is 23.7 Å². The van der Waals surface area contributed by atoms with Gasteiger partial charge in [-0.15, -0.1) is 0 Å². The van der Waals surface area contributed by atoms with Crippen LogP contribution in [-0.2, 0) is 23.8 Å². The molecule has 15 nitrogen and oxygen atoms in total. The molecule has 2 aromatic carbocycles. The average Bonchev–Trinajstić information content (AvgIpc) is 3.72. The quantitative estimate of drug-likeness (QED) is 0.0738. The highest BCUT2D eigenvalue weighted by atomic mass is 16.6. The molecule has 4 saturated carbocycles. The first-order chi connectivity index (χ1) is 31.5. The maximum absolute atomic E-state index is 14.8. The Hall–Kier alpha value is -4.70. The summed E-state index contributed by atoms with van der Waals surface area (Å²) in [5, 5.41) is 8.45. The van der Waals surface area contributed by atoms with Crippen molar-refractivity contribution in [3.8, 4) is 28.4 Å². The molecule has 66 heavy (non-hydrogen) atoms. The van der Waals surface area contributed by atoms with E-state index in [1.165, 1.54) is 6.42 Å². The van der Waals surface area contributed by atoms with Crippen molar-refractivity contribution in [3.05, 3.63) is 53.7 Å². The number of rotatable bonds is 24. The summed E-state index contributed by atoms with van der Waals surface area (Å²) in [4.78, 5) is 48.1. The Bertz CT molecular complexity index is 2060. The number of carbonyl (C=O) groups excluding carboxylic acids is 3. The molecule has 0 aliphatic heterocycles. The zero-order valence-electron chi connectivity index (χ0n) is 41.3. The highest BCUT2D eigenvalue weighted by Crippen LogP contribution is 2.59. The van der Waals surface area contributed by atoms with Gasteiger partial charge < -0.3 is 49.4 Å². The van der Waals surface area contributed by atoms with Crippen LogP contribution < -0.4 is 25.4 Å². The number of ether oxygens (including phenoxy) is 5. The lowest BCUT2D eigenvalue weighted by Gasteiger charge is -2.59. The van der Waals surface area contributed by atoms with Gasteiger partial charge in [-0.2, -0.15) is 5.10 Å². The molecular formula is C51H77N7O8. The van der Waals surface area contributed by atoms with Gasteiger partial charge in [-0.05, 0) is 157 Å². The summed E-state index contributed by atoms with van der Waals surface area (Å²) in [7, 11) is 9.28. The van der Waals surface area contributed by atoms with E-state index >= 15 is 0 Å². The molecule has 3 N–H and O–H groups in total. The van der Waals surface area contributed by atoms with Crippen LogP contribution >= 0.6 is 0 Å². The number of carbonyl (C=O) groups is 3. The van der Waals surface area contributed by atoms with E-state index in [2.05, 4.69) is 61.3 Å². The first-order valence-corrected chi connectivity index (χ1v) is 24.0. The summed E-state index contributed by atoms with van der Waals surface area (Å²) in [6, 6.07) is 13.8. The van der Waals surface area contributed by atoms with Crippen molar-refractivity contribution >= 4 is 23.5 Å². The largest absolute Gasteiger partial charge is 0.496 e. The minimum Gasteiger partial charge on any atom is -0.496 e. The SMILES string of the molecule is COc1cccc(OC)c1-c1cc(C(=O)NC2(C(=O)OC(C)(C)C)C3CC4CC(C3)CC2C4)nn1-c1ccc(N(C)CCCN(C)CCCN(C)C(=O)COCCOCCN)cc1C(C)C. The van der Waals surface area contributed by atoms with E-state index in [1.807, 2.05) is 50.7 Å². The molecule has 7 rings (SSSR count). The Morgan fingerprint density at radius 2 is 1.47 bits per heavy atom. The lowest BCUT2D eigenvalue weighted by Crippen LogP contribution is -2.71. The first kappa shape index (κ1) is 50.7. The van der Waals surface area contributed by atoms with Gasteiger partial charge in [-0.25, -0.2) is 9.48 Å². The van der Waals surface area contributed by atoms with Crippen LogP contribution in [-0.4, -0.2) is 143 Å². The Labute approximate surface area is 392 Å². The Kier molecular flexibility index (Phi) is 17.2. The summed E-state index contributed by atoms with van der Waals surface area (Å²) >= 11 is 0. The van der Waals surface area contributed by atoms with Gasteiger partial charge in [-0.3, -0.25) is 9.59 Å². The number of nitrogens with zero attached hydrogens (tertiary/aromatic N) is 5. The van der Waals surface area contributed by atoms with Gasteiger partial charge >= 0.3 is 5.97 Å². The van der Waals surface area contributed by atoms with Crippen molar-refractivity contribution in [1.82, 2.24) is 24.9 Å². The van der Waals surface area contributed by atoms with E-state index in [4.69, 9.17) is 34.5 Å². The van der Waals surface area contributed by atoms with E-state index in [0.717, 1.165) is 75.1 Å². The Morgan fingerprint density at radius 1 is 0.848 bits per heavy atom. The van der Waals surface area contributed by atoms with Crippen LogP contribution in [0.1, 0.15) is 102 Å². The molecule has 0 atom stereocenters. The summed E-state index contributed by atoms with van der Waals surface area (Å²) in [5.41, 5.74) is 8.04. The van der Waals surface area contributed by atoms with Gasteiger partial charge in [0, 0.05) is 39.4 Å². The van der Waals surface area contributed by atoms with E-state index < -0.39 is 17.0 Å². The number of aromatic nitrogens is 2. The number of esters is 1. The molecule has 3 aromatic rings. The Balaban J connectivity index is 1.20. The molecule has 0 saturated heterocycles. The zero-order valence-corrected chi connectivity index (χ0v) is 41.3. The van der Waals surface area contributed by atoms with Crippen LogP contribution in [0.15, 0.2) is 42.5 Å². The number of hydrogen-bond donors (Lipinski definition) is 2. The fourth-order valence-electron chi connectivity index (χ4n) is 10.6. The van der Waals surface area contributed by atoms with Crippen molar-refractivity contribution in [2.24, 2.45) is 29.4 Å². The predicted octanol–water partition coefficient (Wildman–Crippen LogP) is 6.54. The molecule has 1 heterocycles. The molecule has 0 unspecified atom stereocenters. The minimum absolute atomic E-state index is 0.00869. The number of methoxy groups -OCH3 is 2. The van der Waals surface area contributed by atoms with Crippen LogP contribution in [0.2, 0.25) is 0 Å². The van der Waals surface area contributed by atoms with Crippen molar-refractivity contribution in [1.29, 1.82) is 0 Å². The number of likely N-dealkylation sites (N-methyl/N-ethyl adjacent to an activating group) is 1. The van der Waals surface area contributed by atoms with Crippen LogP contribution in [0.3, 0.4) is 0 Å². The normalized spacial score (nSPS) is 21.0. The second kappa shape index (κ2) is 22.4. The number of benzene rings is 2. The zero-order chi connectivity index (χ0) is 47.8. The third-order valence-electron chi connectivity index (χ3n) is 13.8. The monoisotopic (exact) mass is 916 g/mol. The number of nitrogens with two attached hydrogens (primary N) is 1. The molecule has 4 aliphatic carbocycles. The lowest BCUT2D eigenvalue weighted by atomic mass is 9.48. The molecule has 15 heteroatoms. The van der Waals surface area contributed by atoms with Crippen LogP contribution in [0.5, 0.6) is 11.5 Å². The molecular weight excluding hydrogens is 839 g/mol. The first-order valence-electron chi connectivity index (χ1n) is 24.0. The van der Waals surface area contributed by atoms with Crippen molar-refractivity contribution in [2.75, 3.05) is 99.4 Å². The smallest absolute Gasteiger partial charge is 0.332 e. The fraction of sp³-hybridized carbons (Fsp3) is 0.647. The molecule has 2 amide bonds. The molecule has 364 valence electrons. The van der Waals surface area contributed by atoms with Crippen LogP contribution in [0.25, 0.3) is 16.9 Å². The number of amides is 2. The fourth-order valence-corrected chi connectivity index (χ4v) is 10.6. The van der Waals surface area contributed by atoms with Crippen molar-refractivity contribution in [2.45, 2.75) is 96.6 Å². The molecule has 4 aliphatic rings. The van der Waals surface area contributed by atoms with E-state index in [-0.39, 0.29) is 41.9 Å². The number of nitrogens with one attached hydrogen (secondary N) is 1. The standard InChI is InChI=1S/C51H77N7O8/c1-34(2)40-31-39(56(7)21-12-19-55(6)20-13-22-57(8)46(59)33-65-25-24-64-23-18-52)16-17-42(40)58-43(47-44(62-9)14-11-15-45(47)63-10)32-41(54-58)48(60)53-51(49(61)66-50(3,4)5)37-27-35-26-36(29-37)30-38(51)28-35/h11,14-17,31-32,34-38H,12-13,18-30,33,52H2,1-10H3,(H,53,60). The average molecular weight is 916 g/mol. The highest BCUT2D eigenvalue weighted by molar-refractivity contribution is 5.98. The second-order valence-corrected chi connectivity index (χ2v) is 20.1. The van der Waals surface area contributed by atoms with Gasteiger partial charge in [-0.1, -0.05) is 19.9 Å². The van der Waals surface area contributed by atoms with E-state index in [0.29, 0.717) is 67.5 Å². The van der Waals surface area contributed by atoms with Crippen molar-refractivity contribution < 1.29 is 38.1 Å². The van der Waals surface area contributed by atoms with E-state index in [1.54, 1.807) is 25.2 Å². The summed E-state index contributed by atoms with van der Waals surface area (Å²) in [5.74, 6) is 1.65. The summed E-state index contributed by atoms with van der Waals surface area (Å²) < 4.78 is 30.5. The minimum atomic E-state index is -1.12. The van der Waals surface area contributed by atoms with Gasteiger partial charge in [0.15, 0.2) is 5.69 Å². The molecule has 0 spiro atoms.